The molecule has 1 saturated heterocycles. The number of carbonyl (C=O) groups is 1. The maximum absolute atomic E-state index is 12.6. The first-order valence-electron chi connectivity index (χ1n) is 8.46. The first-order valence-corrected chi connectivity index (χ1v) is 8.46. The number of amides is 1. The minimum atomic E-state index is -0.423. The molecule has 0 saturated carbocycles. The zero-order chi connectivity index (χ0) is 16.2. The SMILES string of the molecule is CC(C)(C)C1CCCN(C(=O)C(N)Cc2ccccc2)CC1.Cl. The molecular weight excluding hydrogens is 308 g/mol. The summed E-state index contributed by atoms with van der Waals surface area (Å²) in [5.74, 6) is 0.800. The summed E-state index contributed by atoms with van der Waals surface area (Å²) >= 11 is 0. The number of likely N-dealkylation sites (tertiary alicyclic amines) is 1. The molecule has 130 valence electrons. The topological polar surface area (TPSA) is 46.3 Å². The molecular formula is C19H31ClN2O. The third kappa shape index (κ3) is 5.82. The quantitative estimate of drug-likeness (QED) is 0.914. The summed E-state index contributed by atoms with van der Waals surface area (Å²) in [6, 6.07) is 9.61. The summed E-state index contributed by atoms with van der Waals surface area (Å²) in [6.07, 6.45) is 4.01. The van der Waals surface area contributed by atoms with Crippen molar-refractivity contribution in [3.63, 3.8) is 0 Å². The molecule has 0 aromatic heterocycles. The van der Waals surface area contributed by atoms with Crippen LogP contribution in [0.5, 0.6) is 0 Å². The summed E-state index contributed by atoms with van der Waals surface area (Å²) < 4.78 is 0. The Balaban J connectivity index is 0.00000264. The van der Waals surface area contributed by atoms with Crippen LogP contribution < -0.4 is 5.73 Å². The van der Waals surface area contributed by atoms with Crippen molar-refractivity contribution in [2.24, 2.45) is 17.1 Å². The number of carbonyl (C=O) groups excluding carboxylic acids is 1. The third-order valence-corrected chi connectivity index (χ3v) is 4.88. The van der Waals surface area contributed by atoms with E-state index in [4.69, 9.17) is 5.73 Å². The van der Waals surface area contributed by atoms with E-state index in [9.17, 15) is 4.79 Å². The van der Waals surface area contributed by atoms with Gasteiger partial charge < -0.3 is 10.6 Å². The van der Waals surface area contributed by atoms with Crippen molar-refractivity contribution < 1.29 is 4.79 Å². The van der Waals surface area contributed by atoms with E-state index >= 15 is 0 Å². The molecule has 2 unspecified atom stereocenters. The fourth-order valence-electron chi connectivity index (χ4n) is 3.37. The first kappa shape index (κ1) is 20.0. The highest BCUT2D eigenvalue weighted by Crippen LogP contribution is 2.34. The summed E-state index contributed by atoms with van der Waals surface area (Å²) in [6.45, 7) is 8.61. The summed E-state index contributed by atoms with van der Waals surface area (Å²) in [4.78, 5) is 14.6. The van der Waals surface area contributed by atoms with Crippen molar-refractivity contribution in [3.05, 3.63) is 35.9 Å². The average Bonchev–Trinajstić information content (AvgIpc) is 2.73. The van der Waals surface area contributed by atoms with Gasteiger partial charge >= 0.3 is 0 Å². The van der Waals surface area contributed by atoms with Crippen LogP contribution in [0.4, 0.5) is 0 Å². The summed E-state index contributed by atoms with van der Waals surface area (Å²) in [7, 11) is 0. The third-order valence-electron chi connectivity index (χ3n) is 4.88. The normalized spacial score (nSPS) is 20.3. The highest BCUT2D eigenvalue weighted by Gasteiger charge is 2.29. The maximum Gasteiger partial charge on any atom is 0.239 e. The molecule has 0 aliphatic carbocycles. The highest BCUT2D eigenvalue weighted by atomic mass is 35.5. The first-order chi connectivity index (χ1) is 10.4. The van der Waals surface area contributed by atoms with Gasteiger partial charge in [0.15, 0.2) is 0 Å². The van der Waals surface area contributed by atoms with Gasteiger partial charge in [0, 0.05) is 13.1 Å². The van der Waals surface area contributed by atoms with Crippen LogP contribution in [0, 0.1) is 11.3 Å². The van der Waals surface area contributed by atoms with Crippen LogP contribution in [0.1, 0.15) is 45.6 Å². The van der Waals surface area contributed by atoms with Gasteiger partial charge in [0.2, 0.25) is 5.91 Å². The summed E-state index contributed by atoms with van der Waals surface area (Å²) in [5.41, 5.74) is 7.62. The largest absolute Gasteiger partial charge is 0.341 e. The van der Waals surface area contributed by atoms with E-state index in [2.05, 4.69) is 20.8 Å². The molecule has 0 bridgehead atoms. The van der Waals surface area contributed by atoms with E-state index < -0.39 is 6.04 Å². The van der Waals surface area contributed by atoms with Gasteiger partial charge in [0.1, 0.15) is 0 Å². The molecule has 2 atom stereocenters. The predicted octanol–water partition coefficient (Wildman–Crippen LogP) is 3.65. The molecule has 1 heterocycles. The number of benzene rings is 1. The molecule has 4 heteroatoms. The number of nitrogens with two attached hydrogens (primary N) is 1. The van der Waals surface area contributed by atoms with E-state index in [1.54, 1.807) is 0 Å². The Hall–Kier alpha value is -1.06. The molecule has 2 N–H and O–H groups in total. The van der Waals surface area contributed by atoms with Crippen LogP contribution >= 0.6 is 12.4 Å². The molecule has 1 amide bonds. The molecule has 1 aliphatic rings. The van der Waals surface area contributed by atoms with Crippen LogP contribution in [0.15, 0.2) is 30.3 Å². The van der Waals surface area contributed by atoms with Crippen molar-refractivity contribution >= 4 is 18.3 Å². The Morgan fingerprint density at radius 2 is 1.87 bits per heavy atom. The fraction of sp³-hybridized carbons (Fsp3) is 0.632. The average molecular weight is 339 g/mol. The number of hydrogen-bond donors (Lipinski definition) is 1. The Morgan fingerprint density at radius 1 is 1.22 bits per heavy atom. The molecule has 1 aromatic rings. The standard InChI is InChI=1S/C19H30N2O.ClH/c1-19(2,3)16-10-7-12-21(13-11-16)18(22)17(20)14-15-8-5-4-6-9-15;/h4-6,8-9,16-17H,7,10-14,20H2,1-3H3;1H. The second-order valence-corrected chi connectivity index (χ2v) is 7.62. The zero-order valence-electron chi connectivity index (χ0n) is 14.6. The zero-order valence-corrected chi connectivity index (χ0v) is 15.4. The minimum Gasteiger partial charge on any atom is -0.341 e. The van der Waals surface area contributed by atoms with Crippen LogP contribution in [0.3, 0.4) is 0 Å². The Kier molecular flexibility index (Phi) is 7.56. The fourth-order valence-corrected chi connectivity index (χ4v) is 3.37. The molecule has 0 radical (unpaired) electrons. The second kappa shape index (κ2) is 8.70. The lowest BCUT2D eigenvalue weighted by molar-refractivity contribution is -0.132. The Bertz CT molecular complexity index is 484. The van der Waals surface area contributed by atoms with Crippen LogP contribution in [-0.2, 0) is 11.2 Å². The van der Waals surface area contributed by atoms with Crippen molar-refractivity contribution in [2.45, 2.75) is 52.5 Å². The molecule has 1 aromatic carbocycles. The van der Waals surface area contributed by atoms with Crippen molar-refractivity contribution in [1.82, 2.24) is 4.90 Å². The van der Waals surface area contributed by atoms with E-state index in [-0.39, 0.29) is 18.3 Å². The van der Waals surface area contributed by atoms with E-state index in [0.29, 0.717) is 17.8 Å². The summed E-state index contributed by atoms with van der Waals surface area (Å²) in [5, 5.41) is 0. The van der Waals surface area contributed by atoms with Gasteiger partial charge in [-0.3, -0.25) is 4.79 Å². The van der Waals surface area contributed by atoms with Gasteiger partial charge in [0.05, 0.1) is 6.04 Å². The second-order valence-electron chi connectivity index (χ2n) is 7.62. The van der Waals surface area contributed by atoms with E-state index in [1.165, 1.54) is 6.42 Å². The maximum atomic E-state index is 12.6. The van der Waals surface area contributed by atoms with Crippen LogP contribution in [-0.4, -0.2) is 29.9 Å². The van der Waals surface area contributed by atoms with Crippen molar-refractivity contribution in [1.29, 1.82) is 0 Å². The lowest BCUT2D eigenvalue weighted by atomic mass is 9.77. The monoisotopic (exact) mass is 338 g/mol. The van der Waals surface area contributed by atoms with Crippen molar-refractivity contribution in [3.8, 4) is 0 Å². The van der Waals surface area contributed by atoms with Gasteiger partial charge in [-0.1, -0.05) is 51.1 Å². The van der Waals surface area contributed by atoms with Gasteiger partial charge in [-0.15, -0.1) is 12.4 Å². The number of halogens is 1. The van der Waals surface area contributed by atoms with Gasteiger partial charge in [-0.05, 0) is 42.6 Å². The molecule has 2 rings (SSSR count). The van der Waals surface area contributed by atoms with Crippen LogP contribution in [0.2, 0.25) is 0 Å². The number of nitrogens with zero attached hydrogens (tertiary/aromatic N) is 1. The van der Waals surface area contributed by atoms with Gasteiger partial charge in [-0.25, -0.2) is 0 Å². The molecule has 1 aliphatic heterocycles. The predicted molar refractivity (Wildman–Crippen MR) is 98.7 cm³/mol. The van der Waals surface area contributed by atoms with Crippen molar-refractivity contribution in [2.75, 3.05) is 13.1 Å². The lowest BCUT2D eigenvalue weighted by Crippen LogP contribution is -2.45. The van der Waals surface area contributed by atoms with Gasteiger partial charge in [-0.2, -0.15) is 0 Å². The number of rotatable bonds is 3. The highest BCUT2D eigenvalue weighted by molar-refractivity contribution is 5.85. The smallest absolute Gasteiger partial charge is 0.239 e. The molecule has 3 nitrogen and oxygen atoms in total. The van der Waals surface area contributed by atoms with E-state index in [1.807, 2.05) is 35.2 Å². The molecule has 23 heavy (non-hydrogen) atoms. The number of hydrogen-bond acceptors (Lipinski definition) is 2. The molecule has 0 spiro atoms. The van der Waals surface area contributed by atoms with Crippen LogP contribution in [0.25, 0.3) is 0 Å². The van der Waals surface area contributed by atoms with E-state index in [0.717, 1.165) is 31.5 Å². The Labute approximate surface area is 147 Å². The lowest BCUT2D eigenvalue weighted by Gasteiger charge is -2.30. The Morgan fingerprint density at radius 3 is 2.48 bits per heavy atom. The van der Waals surface area contributed by atoms with Gasteiger partial charge in [0.25, 0.3) is 0 Å². The minimum absolute atomic E-state index is 0. The molecule has 1 fully saturated rings.